The van der Waals surface area contributed by atoms with Crippen LogP contribution in [0.4, 0.5) is 0 Å². The van der Waals surface area contributed by atoms with Gasteiger partial charge in [0.25, 0.3) is 0 Å². The zero-order chi connectivity index (χ0) is 15.1. The Morgan fingerprint density at radius 1 is 1.55 bits per heavy atom. The zero-order valence-corrected chi connectivity index (χ0v) is 12.9. The molecule has 1 aromatic rings. The highest BCUT2D eigenvalue weighted by Crippen LogP contribution is 2.22. The minimum Gasteiger partial charge on any atom is -0.396 e. The summed E-state index contributed by atoms with van der Waals surface area (Å²) >= 11 is 6.27. The summed E-state index contributed by atoms with van der Waals surface area (Å²) in [6, 6.07) is 0. The van der Waals surface area contributed by atoms with E-state index in [1.165, 1.54) is 6.08 Å². The van der Waals surface area contributed by atoms with Crippen LogP contribution in [0.1, 0.15) is 31.5 Å². The fourth-order valence-corrected chi connectivity index (χ4v) is 2.04. The number of aliphatic hydroxyl groups is 1. The van der Waals surface area contributed by atoms with E-state index in [-0.39, 0.29) is 12.5 Å². The molecule has 0 saturated carbocycles. The van der Waals surface area contributed by atoms with Gasteiger partial charge in [-0.1, -0.05) is 25.4 Å². The summed E-state index contributed by atoms with van der Waals surface area (Å²) in [5.41, 5.74) is 1.57. The molecule has 112 valence electrons. The molecule has 1 aromatic heterocycles. The summed E-state index contributed by atoms with van der Waals surface area (Å²) in [4.78, 5) is 11.5. The molecule has 0 aliphatic rings. The number of carbonyl (C=O) groups is 1. The van der Waals surface area contributed by atoms with Crippen LogP contribution in [0, 0.1) is 12.8 Å². The van der Waals surface area contributed by atoms with Crippen molar-refractivity contribution in [3.8, 4) is 0 Å². The first kappa shape index (κ1) is 16.7. The Morgan fingerprint density at radius 3 is 2.85 bits per heavy atom. The minimum atomic E-state index is -0.203. The molecule has 0 saturated heterocycles. The maximum Gasteiger partial charge on any atom is 0.244 e. The van der Waals surface area contributed by atoms with Gasteiger partial charge in [0.1, 0.15) is 5.15 Å². The van der Waals surface area contributed by atoms with Gasteiger partial charge in [0.15, 0.2) is 0 Å². The summed E-state index contributed by atoms with van der Waals surface area (Å²) in [5.74, 6) is 0.246. The maximum absolute atomic E-state index is 11.5. The molecule has 1 rings (SSSR count). The van der Waals surface area contributed by atoms with Gasteiger partial charge in [0.05, 0.1) is 5.69 Å². The third kappa shape index (κ3) is 4.98. The van der Waals surface area contributed by atoms with Gasteiger partial charge < -0.3 is 10.4 Å². The number of aryl methyl sites for hydroxylation is 1. The Kier molecular flexibility index (Phi) is 6.75. The molecule has 2 N–H and O–H groups in total. The monoisotopic (exact) mass is 299 g/mol. The molecular formula is C14H22ClN3O2. The number of hydrogen-bond acceptors (Lipinski definition) is 3. The van der Waals surface area contributed by atoms with Crippen LogP contribution in [0.25, 0.3) is 6.08 Å². The summed E-state index contributed by atoms with van der Waals surface area (Å²) in [5, 5.41) is 16.2. The molecule has 0 aliphatic carbocycles. The molecule has 6 heteroatoms. The van der Waals surface area contributed by atoms with Crippen LogP contribution in [0.15, 0.2) is 6.08 Å². The van der Waals surface area contributed by atoms with Crippen molar-refractivity contribution in [1.29, 1.82) is 0 Å². The van der Waals surface area contributed by atoms with Gasteiger partial charge in [0, 0.05) is 31.3 Å². The Labute approximate surface area is 124 Å². The summed E-state index contributed by atoms with van der Waals surface area (Å²) in [6.45, 7) is 7.33. The lowest BCUT2D eigenvalue weighted by Crippen LogP contribution is -2.22. The van der Waals surface area contributed by atoms with Gasteiger partial charge >= 0.3 is 0 Å². The van der Waals surface area contributed by atoms with Crippen LogP contribution < -0.4 is 5.32 Å². The number of hydrogen-bond donors (Lipinski definition) is 2. The van der Waals surface area contributed by atoms with Gasteiger partial charge in [-0.15, -0.1) is 0 Å². The minimum absolute atomic E-state index is 0.0664. The van der Waals surface area contributed by atoms with Gasteiger partial charge in [0.2, 0.25) is 5.91 Å². The standard InChI is InChI=1S/C14H22ClN3O2/c1-10(2)9-18-14(15)12(11(3)17-18)5-6-13(20)16-7-4-8-19/h5-6,10,19H,4,7-9H2,1-3H3,(H,16,20)/b6-5+. The first-order valence-electron chi connectivity index (χ1n) is 6.75. The quantitative estimate of drug-likeness (QED) is 0.598. The average molecular weight is 300 g/mol. The summed E-state index contributed by atoms with van der Waals surface area (Å²) in [6.07, 6.45) is 3.66. The molecular weight excluding hydrogens is 278 g/mol. The second-order valence-electron chi connectivity index (χ2n) is 5.07. The number of aromatic nitrogens is 2. The van der Waals surface area contributed by atoms with Crippen LogP contribution in [0.3, 0.4) is 0 Å². The van der Waals surface area contributed by atoms with Crippen molar-refractivity contribution in [2.45, 2.75) is 33.7 Å². The van der Waals surface area contributed by atoms with E-state index in [4.69, 9.17) is 16.7 Å². The number of amides is 1. The topological polar surface area (TPSA) is 67.2 Å². The smallest absolute Gasteiger partial charge is 0.244 e. The summed E-state index contributed by atoms with van der Waals surface area (Å²) in [7, 11) is 0. The molecule has 1 amide bonds. The van der Waals surface area contributed by atoms with Gasteiger partial charge in [-0.3, -0.25) is 9.48 Å². The zero-order valence-electron chi connectivity index (χ0n) is 12.2. The van der Waals surface area contributed by atoms with Crippen molar-refractivity contribution in [3.05, 3.63) is 22.5 Å². The fourth-order valence-electron chi connectivity index (χ4n) is 1.73. The van der Waals surface area contributed by atoms with Crippen LogP contribution >= 0.6 is 11.6 Å². The Hall–Kier alpha value is -1.33. The highest BCUT2D eigenvalue weighted by molar-refractivity contribution is 6.31. The first-order valence-corrected chi connectivity index (χ1v) is 7.13. The molecule has 1 heterocycles. The van der Waals surface area contributed by atoms with Gasteiger partial charge in [-0.2, -0.15) is 5.10 Å². The van der Waals surface area contributed by atoms with Crippen molar-refractivity contribution in [2.24, 2.45) is 5.92 Å². The van der Waals surface area contributed by atoms with E-state index in [1.54, 1.807) is 10.8 Å². The van der Waals surface area contributed by atoms with Crippen molar-refractivity contribution in [2.75, 3.05) is 13.2 Å². The highest BCUT2D eigenvalue weighted by atomic mass is 35.5. The number of aliphatic hydroxyl groups excluding tert-OH is 1. The number of carbonyl (C=O) groups excluding carboxylic acids is 1. The molecule has 0 aliphatic heterocycles. The third-order valence-corrected chi connectivity index (χ3v) is 3.08. The van der Waals surface area contributed by atoms with Gasteiger partial charge in [-0.25, -0.2) is 0 Å². The van der Waals surface area contributed by atoms with E-state index in [2.05, 4.69) is 24.3 Å². The lowest BCUT2D eigenvalue weighted by molar-refractivity contribution is -0.116. The number of rotatable bonds is 7. The van der Waals surface area contributed by atoms with Crippen molar-refractivity contribution in [3.63, 3.8) is 0 Å². The largest absolute Gasteiger partial charge is 0.396 e. The van der Waals surface area contributed by atoms with E-state index in [0.29, 0.717) is 24.0 Å². The van der Waals surface area contributed by atoms with Crippen LogP contribution in [0.2, 0.25) is 5.15 Å². The van der Waals surface area contributed by atoms with Crippen molar-refractivity contribution < 1.29 is 9.90 Å². The average Bonchev–Trinajstić information content (AvgIpc) is 2.62. The molecule has 0 bridgehead atoms. The van der Waals surface area contributed by atoms with E-state index in [9.17, 15) is 4.79 Å². The molecule has 20 heavy (non-hydrogen) atoms. The Bertz CT molecular complexity index is 481. The molecule has 0 atom stereocenters. The van der Waals surface area contributed by atoms with Gasteiger partial charge in [-0.05, 0) is 25.3 Å². The fraction of sp³-hybridized carbons (Fsp3) is 0.571. The van der Waals surface area contributed by atoms with E-state index in [0.717, 1.165) is 17.8 Å². The summed E-state index contributed by atoms with van der Waals surface area (Å²) < 4.78 is 1.75. The molecule has 0 unspecified atom stereocenters. The molecule has 0 radical (unpaired) electrons. The maximum atomic E-state index is 11.5. The first-order chi connectivity index (χ1) is 9.45. The van der Waals surface area contributed by atoms with E-state index < -0.39 is 0 Å². The SMILES string of the molecule is Cc1nn(CC(C)C)c(Cl)c1/C=C/C(=O)NCCCO. The molecule has 5 nitrogen and oxygen atoms in total. The number of halogens is 1. The second-order valence-corrected chi connectivity index (χ2v) is 5.43. The number of nitrogens with one attached hydrogen (secondary N) is 1. The lowest BCUT2D eigenvalue weighted by atomic mass is 10.2. The van der Waals surface area contributed by atoms with Crippen molar-refractivity contribution >= 4 is 23.6 Å². The van der Waals surface area contributed by atoms with E-state index in [1.807, 2.05) is 6.92 Å². The molecule has 0 fully saturated rings. The number of nitrogens with zero attached hydrogens (tertiary/aromatic N) is 2. The van der Waals surface area contributed by atoms with Crippen LogP contribution in [0.5, 0.6) is 0 Å². The molecule has 0 aromatic carbocycles. The van der Waals surface area contributed by atoms with Crippen molar-refractivity contribution in [1.82, 2.24) is 15.1 Å². The predicted molar refractivity (Wildman–Crippen MR) is 80.6 cm³/mol. The predicted octanol–water partition coefficient (Wildman–Crippen LogP) is 2.01. The van der Waals surface area contributed by atoms with E-state index >= 15 is 0 Å². The van der Waals surface area contributed by atoms with Crippen LogP contribution in [-0.4, -0.2) is 33.9 Å². The molecule has 0 spiro atoms. The normalized spacial score (nSPS) is 11.5. The Balaban J connectivity index is 2.72. The van der Waals surface area contributed by atoms with Crippen LogP contribution in [-0.2, 0) is 11.3 Å². The lowest BCUT2D eigenvalue weighted by Gasteiger charge is -2.05. The second kappa shape index (κ2) is 8.07. The Morgan fingerprint density at radius 2 is 2.25 bits per heavy atom. The highest BCUT2D eigenvalue weighted by Gasteiger charge is 2.12. The third-order valence-electron chi connectivity index (χ3n) is 2.68.